The third-order valence-corrected chi connectivity index (χ3v) is 12.4. The summed E-state index contributed by atoms with van der Waals surface area (Å²) in [6, 6.07) is -0.542. The largest absolute Gasteiger partial charge is 0.394 e. The highest BCUT2D eigenvalue weighted by molar-refractivity contribution is 5.76. The van der Waals surface area contributed by atoms with Gasteiger partial charge in [0.15, 0.2) is 0 Å². The van der Waals surface area contributed by atoms with Gasteiger partial charge in [0.05, 0.1) is 18.8 Å². The highest BCUT2D eigenvalue weighted by Crippen LogP contribution is 2.18. The molecule has 348 valence electrons. The summed E-state index contributed by atoms with van der Waals surface area (Å²) in [4.78, 5) is 12.4. The minimum atomic E-state index is -0.665. The molecule has 2 atom stereocenters. The highest BCUT2D eigenvalue weighted by atomic mass is 16.3. The van der Waals surface area contributed by atoms with Crippen LogP contribution in [0.5, 0.6) is 0 Å². The van der Waals surface area contributed by atoms with Gasteiger partial charge in [-0.25, -0.2) is 0 Å². The number of aliphatic hydroxyl groups excluding tert-OH is 2. The zero-order chi connectivity index (χ0) is 42.8. The van der Waals surface area contributed by atoms with Crippen molar-refractivity contribution < 1.29 is 15.0 Å². The second kappa shape index (κ2) is 51.0. The molecule has 2 unspecified atom stereocenters. The van der Waals surface area contributed by atoms with Gasteiger partial charge in [-0.15, -0.1) is 0 Å². The lowest BCUT2D eigenvalue weighted by atomic mass is 10.0. The Morgan fingerprint density at radius 3 is 1.12 bits per heavy atom. The Morgan fingerprint density at radius 1 is 0.424 bits per heavy atom. The van der Waals surface area contributed by atoms with Crippen LogP contribution in [0.2, 0.25) is 0 Å². The summed E-state index contributed by atoms with van der Waals surface area (Å²) >= 11 is 0. The Hall–Kier alpha value is -1.39. The van der Waals surface area contributed by atoms with Crippen molar-refractivity contribution in [2.45, 2.75) is 302 Å². The molecule has 0 bridgehead atoms. The van der Waals surface area contributed by atoms with Crippen molar-refractivity contribution in [3.05, 3.63) is 36.5 Å². The zero-order valence-electron chi connectivity index (χ0n) is 40.0. The van der Waals surface area contributed by atoms with Crippen LogP contribution < -0.4 is 5.32 Å². The first-order chi connectivity index (χ1) is 29.2. The highest BCUT2D eigenvalue weighted by Gasteiger charge is 2.20. The lowest BCUT2D eigenvalue weighted by molar-refractivity contribution is -0.123. The van der Waals surface area contributed by atoms with Crippen LogP contribution in [0, 0.1) is 0 Å². The second-order valence-corrected chi connectivity index (χ2v) is 18.3. The van der Waals surface area contributed by atoms with Gasteiger partial charge in [0, 0.05) is 6.42 Å². The normalized spacial score (nSPS) is 13.1. The van der Waals surface area contributed by atoms with E-state index in [1.807, 2.05) is 0 Å². The summed E-state index contributed by atoms with van der Waals surface area (Å²) < 4.78 is 0. The molecule has 0 fully saturated rings. The molecule has 0 aliphatic carbocycles. The molecule has 0 aromatic heterocycles. The van der Waals surface area contributed by atoms with E-state index >= 15 is 0 Å². The molecule has 0 spiro atoms. The van der Waals surface area contributed by atoms with Crippen LogP contribution in [0.3, 0.4) is 0 Å². The van der Waals surface area contributed by atoms with Gasteiger partial charge in [0.2, 0.25) is 5.91 Å². The van der Waals surface area contributed by atoms with E-state index in [2.05, 4.69) is 55.6 Å². The lowest BCUT2D eigenvalue weighted by Crippen LogP contribution is -2.45. The van der Waals surface area contributed by atoms with Crippen LogP contribution in [0.1, 0.15) is 290 Å². The van der Waals surface area contributed by atoms with Gasteiger partial charge in [-0.05, 0) is 44.9 Å². The van der Waals surface area contributed by atoms with E-state index < -0.39 is 12.1 Å². The number of amides is 1. The molecule has 0 radical (unpaired) electrons. The number of hydrogen-bond donors (Lipinski definition) is 3. The molecule has 0 aromatic carbocycles. The van der Waals surface area contributed by atoms with Crippen LogP contribution in [0.4, 0.5) is 0 Å². The van der Waals surface area contributed by atoms with Crippen molar-refractivity contribution in [3.63, 3.8) is 0 Å². The quantitative estimate of drug-likeness (QED) is 0.0423. The van der Waals surface area contributed by atoms with Crippen molar-refractivity contribution in [1.82, 2.24) is 5.32 Å². The first-order valence-corrected chi connectivity index (χ1v) is 26.7. The Kier molecular flexibility index (Phi) is 49.8. The predicted octanol–water partition coefficient (Wildman–Crippen LogP) is 17.3. The van der Waals surface area contributed by atoms with Crippen LogP contribution >= 0.6 is 0 Å². The monoisotopic (exact) mass is 828 g/mol. The van der Waals surface area contributed by atoms with Gasteiger partial charge in [-0.1, -0.05) is 275 Å². The first kappa shape index (κ1) is 57.6. The number of aliphatic hydroxyl groups is 2. The molecule has 4 heteroatoms. The van der Waals surface area contributed by atoms with Gasteiger partial charge < -0.3 is 15.5 Å². The van der Waals surface area contributed by atoms with E-state index in [4.69, 9.17) is 0 Å². The maximum absolute atomic E-state index is 12.4. The second-order valence-electron chi connectivity index (χ2n) is 18.3. The Labute approximate surface area is 370 Å². The summed E-state index contributed by atoms with van der Waals surface area (Å²) in [5, 5.41) is 23.3. The Bertz CT molecular complexity index is 897. The average Bonchev–Trinajstić information content (AvgIpc) is 3.24. The van der Waals surface area contributed by atoms with Crippen molar-refractivity contribution in [2.75, 3.05) is 6.61 Å². The first-order valence-electron chi connectivity index (χ1n) is 26.7. The molecule has 0 saturated heterocycles. The molecule has 0 saturated carbocycles. The fourth-order valence-electron chi connectivity index (χ4n) is 8.38. The topological polar surface area (TPSA) is 69.6 Å². The zero-order valence-corrected chi connectivity index (χ0v) is 40.0. The minimum absolute atomic E-state index is 0.0390. The van der Waals surface area contributed by atoms with Crippen LogP contribution in [-0.4, -0.2) is 34.9 Å². The number of allylic oxidation sites excluding steroid dienone is 6. The van der Waals surface area contributed by atoms with Crippen LogP contribution in [0.25, 0.3) is 0 Å². The molecule has 0 aliphatic rings. The third kappa shape index (κ3) is 47.5. The van der Waals surface area contributed by atoms with Gasteiger partial charge >= 0.3 is 0 Å². The van der Waals surface area contributed by atoms with E-state index in [0.717, 1.165) is 44.9 Å². The number of carbonyl (C=O) groups is 1. The third-order valence-electron chi connectivity index (χ3n) is 12.4. The molecular weight excluding hydrogens is 723 g/mol. The maximum Gasteiger partial charge on any atom is 0.220 e. The smallest absolute Gasteiger partial charge is 0.220 e. The fraction of sp³-hybridized carbons (Fsp3) is 0.873. The number of carbonyl (C=O) groups excluding carboxylic acids is 1. The number of unbranched alkanes of at least 4 members (excludes halogenated alkanes) is 36. The molecule has 0 rings (SSSR count). The van der Waals surface area contributed by atoms with Gasteiger partial charge in [-0.3, -0.25) is 4.79 Å². The minimum Gasteiger partial charge on any atom is -0.394 e. The van der Waals surface area contributed by atoms with Crippen molar-refractivity contribution in [3.8, 4) is 0 Å². The lowest BCUT2D eigenvalue weighted by Gasteiger charge is -2.22. The summed E-state index contributed by atoms with van der Waals surface area (Å²) in [6.45, 7) is 4.27. The van der Waals surface area contributed by atoms with E-state index in [-0.39, 0.29) is 12.5 Å². The maximum atomic E-state index is 12.4. The Morgan fingerprint density at radius 2 is 0.746 bits per heavy atom. The molecule has 1 amide bonds. The number of nitrogens with one attached hydrogen (secondary N) is 1. The molecule has 0 aromatic rings. The summed E-state index contributed by atoms with van der Waals surface area (Å²) in [7, 11) is 0. The van der Waals surface area contributed by atoms with Gasteiger partial charge in [0.1, 0.15) is 0 Å². The summed E-state index contributed by atoms with van der Waals surface area (Å²) in [5.41, 5.74) is 0. The number of rotatable bonds is 49. The van der Waals surface area contributed by atoms with Crippen molar-refractivity contribution >= 4 is 5.91 Å². The van der Waals surface area contributed by atoms with Crippen molar-refractivity contribution in [1.29, 1.82) is 0 Å². The standard InChI is InChI=1S/C55H105NO3/c1-3-5-7-9-11-13-15-17-19-21-22-23-24-25-26-27-28-29-30-31-32-33-35-36-38-40-42-44-46-48-50-54(58)53(52-57)56-55(59)51-49-47-45-43-41-39-37-34-20-18-16-14-12-10-8-6-4-2/h6,8,12,14,18,20,53-54,57-58H,3-5,7,9-11,13,15-17,19,21-52H2,1-2H3,(H,56,59)/b8-6-,14-12-,20-18-. The molecule has 0 aliphatic heterocycles. The van der Waals surface area contributed by atoms with Crippen LogP contribution in [-0.2, 0) is 4.79 Å². The Balaban J connectivity index is 3.42. The molecule has 4 nitrogen and oxygen atoms in total. The summed E-state index contributed by atoms with van der Waals surface area (Å²) in [6.07, 6.45) is 68.4. The van der Waals surface area contributed by atoms with E-state index in [1.165, 1.54) is 218 Å². The van der Waals surface area contributed by atoms with Crippen molar-refractivity contribution in [2.24, 2.45) is 0 Å². The molecule has 3 N–H and O–H groups in total. The molecular formula is C55H105NO3. The summed E-state index contributed by atoms with van der Waals surface area (Å²) in [5.74, 6) is -0.0390. The van der Waals surface area contributed by atoms with E-state index in [9.17, 15) is 15.0 Å². The van der Waals surface area contributed by atoms with E-state index in [1.54, 1.807) is 0 Å². The number of hydrogen-bond acceptors (Lipinski definition) is 3. The fourth-order valence-corrected chi connectivity index (χ4v) is 8.38. The predicted molar refractivity (Wildman–Crippen MR) is 262 cm³/mol. The molecule has 59 heavy (non-hydrogen) atoms. The van der Waals surface area contributed by atoms with Gasteiger partial charge in [-0.2, -0.15) is 0 Å². The van der Waals surface area contributed by atoms with E-state index in [0.29, 0.717) is 12.8 Å². The SMILES string of the molecule is CC/C=C\C/C=C\C/C=C\CCCCCCCCCC(=O)NC(CO)C(O)CCCCCCCCCCCCCCCCCCCCCCCCCCCCCCCC. The van der Waals surface area contributed by atoms with Crippen LogP contribution in [0.15, 0.2) is 36.5 Å². The molecule has 0 heterocycles. The van der Waals surface area contributed by atoms with Gasteiger partial charge in [0.25, 0.3) is 0 Å². The average molecular weight is 828 g/mol.